The van der Waals surface area contributed by atoms with Gasteiger partial charge in [-0.3, -0.25) is 4.79 Å². The van der Waals surface area contributed by atoms with Crippen molar-refractivity contribution in [1.82, 2.24) is 9.29 Å². The quantitative estimate of drug-likeness (QED) is 0.887. The van der Waals surface area contributed by atoms with E-state index >= 15 is 0 Å². The molecule has 1 N–H and O–H groups in total. The van der Waals surface area contributed by atoms with Crippen molar-refractivity contribution in [2.75, 3.05) is 0 Å². The van der Waals surface area contributed by atoms with Gasteiger partial charge in [-0.05, 0) is 18.2 Å². The molecule has 0 radical (unpaired) electrons. The SMILES string of the molecule is O=C(O)c1ccoc1CN1C(=O)c2cccnc2S1(=O)=O. The number of pyridine rings is 1. The third-order valence-electron chi connectivity index (χ3n) is 3.03. The van der Waals surface area contributed by atoms with Crippen LogP contribution in [0.1, 0.15) is 26.5 Å². The number of carboxylic acid groups (broad SMARTS) is 1. The maximum Gasteiger partial charge on any atom is 0.339 e. The molecule has 0 aliphatic carbocycles. The highest BCUT2D eigenvalue weighted by molar-refractivity contribution is 7.90. The van der Waals surface area contributed by atoms with Gasteiger partial charge in [0.25, 0.3) is 15.9 Å². The molecule has 0 fully saturated rings. The number of hydrogen-bond donors (Lipinski definition) is 1. The maximum absolute atomic E-state index is 12.3. The molecule has 21 heavy (non-hydrogen) atoms. The highest BCUT2D eigenvalue weighted by Gasteiger charge is 2.43. The number of amides is 1. The van der Waals surface area contributed by atoms with Crippen molar-refractivity contribution in [3.8, 4) is 0 Å². The third kappa shape index (κ3) is 1.89. The van der Waals surface area contributed by atoms with Crippen LogP contribution in [-0.4, -0.2) is 34.7 Å². The van der Waals surface area contributed by atoms with Gasteiger partial charge in [0, 0.05) is 6.20 Å². The van der Waals surface area contributed by atoms with Gasteiger partial charge < -0.3 is 9.52 Å². The Kier molecular flexibility index (Phi) is 2.80. The number of sulfonamides is 1. The summed E-state index contributed by atoms with van der Waals surface area (Å²) in [6.45, 7) is -0.494. The van der Waals surface area contributed by atoms with Crippen molar-refractivity contribution in [3.63, 3.8) is 0 Å². The molecular formula is C12H8N2O6S. The van der Waals surface area contributed by atoms with Crippen LogP contribution in [0, 0.1) is 0 Å². The summed E-state index contributed by atoms with van der Waals surface area (Å²) >= 11 is 0. The first-order chi connectivity index (χ1) is 9.93. The molecule has 0 saturated heterocycles. The van der Waals surface area contributed by atoms with Crippen LogP contribution >= 0.6 is 0 Å². The van der Waals surface area contributed by atoms with Crippen LogP contribution in [0.5, 0.6) is 0 Å². The van der Waals surface area contributed by atoms with Gasteiger partial charge in [0.2, 0.25) is 0 Å². The first kappa shape index (κ1) is 13.3. The fraction of sp³-hybridized carbons (Fsp3) is 0.0833. The molecule has 1 aliphatic rings. The number of carbonyl (C=O) groups is 2. The Hall–Kier alpha value is -2.68. The van der Waals surface area contributed by atoms with E-state index in [4.69, 9.17) is 9.52 Å². The minimum atomic E-state index is -4.09. The normalized spacial score (nSPS) is 16.0. The molecule has 0 unspecified atom stereocenters. The van der Waals surface area contributed by atoms with E-state index in [1.54, 1.807) is 0 Å². The topological polar surface area (TPSA) is 118 Å². The molecule has 1 amide bonds. The second kappa shape index (κ2) is 4.42. The Morgan fingerprint density at radius 1 is 1.38 bits per heavy atom. The van der Waals surface area contributed by atoms with Gasteiger partial charge in [-0.15, -0.1) is 0 Å². The molecule has 2 aromatic rings. The fourth-order valence-corrected chi connectivity index (χ4v) is 3.49. The first-order valence-corrected chi connectivity index (χ1v) is 7.18. The van der Waals surface area contributed by atoms with E-state index in [9.17, 15) is 18.0 Å². The lowest BCUT2D eigenvalue weighted by molar-refractivity contribution is 0.0690. The summed E-state index contributed by atoms with van der Waals surface area (Å²) in [5.41, 5.74) is -0.233. The number of rotatable bonds is 3. The minimum Gasteiger partial charge on any atom is -0.478 e. The first-order valence-electron chi connectivity index (χ1n) is 5.74. The van der Waals surface area contributed by atoms with E-state index < -0.39 is 28.4 Å². The number of aromatic nitrogens is 1. The second-order valence-electron chi connectivity index (χ2n) is 4.24. The van der Waals surface area contributed by atoms with Crippen molar-refractivity contribution in [2.45, 2.75) is 11.6 Å². The van der Waals surface area contributed by atoms with Gasteiger partial charge in [-0.2, -0.15) is 8.42 Å². The summed E-state index contributed by atoms with van der Waals surface area (Å²) in [6, 6.07) is 3.99. The highest BCUT2D eigenvalue weighted by Crippen LogP contribution is 2.30. The van der Waals surface area contributed by atoms with E-state index in [-0.39, 0.29) is 21.9 Å². The largest absolute Gasteiger partial charge is 0.478 e. The van der Waals surface area contributed by atoms with Gasteiger partial charge in [0.15, 0.2) is 5.03 Å². The van der Waals surface area contributed by atoms with Gasteiger partial charge in [0.1, 0.15) is 11.3 Å². The molecule has 108 valence electrons. The summed E-state index contributed by atoms with van der Waals surface area (Å²) < 4.78 is 30.0. The lowest BCUT2D eigenvalue weighted by Crippen LogP contribution is -2.30. The average Bonchev–Trinajstić information content (AvgIpc) is 2.98. The van der Waals surface area contributed by atoms with E-state index in [1.807, 2.05) is 0 Å². The van der Waals surface area contributed by atoms with E-state index in [2.05, 4.69) is 4.98 Å². The smallest absolute Gasteiger partial charge is 0.339 e. The number of carbonyl (C=O) groups excluding carboxylic acids is 1. The molecule has 3 rings (SSSR count). The molecule has 2 aromatic heterocycles. The maximum atomic E-state index is 12.3. The number of carboxylic acids is 1. The molecular weight excluding hydrogens is 300 g/mol. The Labute approximate surface area is 118 Å². The van der Waals surface area contributed by atoms with E-state index in [0.29, 0.717) is 4.31 Å². The van der Waals surface area contributed by atoms with Gasteiger partial charge in [0.05, 0.1) is 18.4 Å². The molecule has 0 bridgehead atoms. The average molecular weight is 308 g/mol. The molecule has 0 atom stereocenters. The zero-order valence-corrected chi connectivity index (χ0v) is 11.2. The van der Waals surface area contributed by atoms with Crippen LogP contribution in [-0.2, 0) is 16.6 Å². The summed E-state index contributed by atoms with van der Waals surface area (Å²) in [5, 5.41) is 8.64. The molecule has 0 aromatic carbocycles. The minimum absolute atomic E-state index is 0.0408. The molecule has 0 saturated carbocycles. The van der Waals surface area contributed by atoms with Crippen LogP contribution in [0.3, 0.4) is 0 Å². The lowest BCUT2D eigenvalue weighted by atomic mass is 10.2. The molecule has 0 spiro atoms. The highest BCUT2D eigenvalue weighted by atomic mass is 32.2. The van der Waals surface area contributed by atoms with Crippen LogP contribution < -0.4 is 0 Å². The summed E-state index contributed by atoms with van der Waals surface area (Å²) in [5.74, 6) is -2.14. The third-order valence-corrected chi connectivity index (χ3v) is 4.71. The van der Waals surface area contributed by atoms with Crippen LogP contribution in [0.25, 0.3) is 0 Å². The summed E-state index contributed by atoms with van der Waals surface area (Å²) in [4.78, 5) is 26.8. The number of fused-ring (bicyclic) bond motifs is 1. The Balaban J connectivity index is 2.04. The Morgan fingerprint density at radius 2 is 2.14 bits per heavy atom. The second-order valence-corrected chi connectivity index (χ2v) is 6.01. The molecule has 9 heteroatoms. The van der Waals surface area contributed by atoms with Gasteiger partial charge >= 0.3 is 5.97 Å². The van der Waals surface area contributed by atoms with Crippen molar-refractivity contribution in [3.05, 3.63) is 47.5 Å². The number of aromatic carboxylic acids is 1. The number of furan rings is 1. The van der Waals surface area contributed by atoms with Crippen LogP contribution in [0.15, 0.2) is 40.1 Å². The van der Waals surface area contributed by atoms with Crippen LogP contribution in [0.4, 0.5) is 0 Å². The predicted molar refractivity (Wildman–Crippen MR) is 67.0 cm³/mol. The molecule has 1 aliphatic heterocycles. The van der Waals surface area contributed by atoms with Crippen LogP contribution in [0.2, 0.25) is 0 Å². The summed E-state index contributed by atoms with van der Waals surface area (Å²) in [7, 11) is -4.09. The molecule has 8 nitrogen and oxygen atoms in total. The Bertz CT molecular complexity index is 854. The zero-order valence-electron chi connectivity index (χ0n) is 10.4. The number of nitrogens with zero attached hydrogens (tertiary/aromatic N) is 2. The molecule has 3 heterocycles. The number of hydrogen-bond acceptors (Lipinski definition) is 6. The fourth-order valence-electron chi connectivity index (χ4n) is 2.05. The van der Waals surface area contributed by atoms with Gasteiger partial charge in [-0.1, -0.05) is 0 Å². The summed E-state index contributed by atoms with van der Waals surface area (Å²) in [6.07, 6.45) is 2.39. The van der Waals surface area contributed by atoms with Gasteiger partial charge in [-0.25, -0.2) is 14.1 Å². The zero-order chi connectivity index (χ0) is 15.2. The van der Waals surface area contributed by atoms with Crippen molar-refractivity contribution in [2.24, 2.45) is 0 Å². The predicted octanol–water partition coefficient (Wildman–Crippen LogP) is 0.718. The Morgan fingerprint density at radius 3 is 2.81 bits per heavy atom. The van der Waals surface area contributed by atoms with Crippen molar-refractivity contribution in [1.29, 1.82) is 0 Å². The lowest BCUT2D eigenvalue weighted by Gasteiger charge is -2.13. The standard InChI is InChI=1S/C12H8N2O6S/c15-11-8-2-1-4-13-10(8)21(18,19)14(11)6-9-7(12(16)17)3-5-20-9/h1-5H,6H2,(H,16,17). The van der Waals surface area contributed by atoms with Crippen molar-refractivity contribution >= 4 is 21.9 Å². The van der Waals surface area contributed by atoms with Crippen molar-refractivity contribution < 1.29 is 27.5 Å². The monoisotopic (exact) mass is 308 g/mol. The van der Waals surface area contributed by atoms with E-state index in [1.165, 1.54) is 24.4 Å². The van der Waals surface area contributed by atoms with E-state index in [0.717, 1.165) is 6.26 Å².